The van der Waals surface area contributed by atoms with Gasteiger partial charge in [-0.2, -0.15) is 0 Å². The maximum Gasteiger partial charge on any atom is 0.128 e. The molecule has 2 rings (SSSR count). The van der Waals surface area contributed by atoms with Gasteiger partial charge in [0, 0.05) is 23.7 Å². The first-order valence-electron chi connectivity index (χ1n) is 5.19. The molecule has 0 aliphatic carbocycles. The number of pyridine rings is 1. The van der Waals surface area contributed by atoms with Crippen LogP contribution < -0.4 is 4.90 Å². The van der Waals surface area contributed by atoms with E-state index in [1.54, 1.807) is 0 Å². The smallest absolute Gasteiger partial charge is 0.128 e. The van der Waals surface area contributed by atoms with Crippen molar-refractivity contribution in [3.63, 3.8) is 0 Å². The Morgan fingerprint density at radius 1 is 1.44 bits per heavy atom. The van der Waals surface area contributed by atoms with Gasteiger partial charge >= 0.3 is 0 Å². The highest BCUT2D eigenvalue weighted by atomic mass is 16.5. The summed E-state index contributed by atoms with van der Waals surface area (Å²) in [5, 5.41) is 3.50. The fourth-order valence-electron chi connectivity index (χ4n) is 1.63. The number of nitrogens with zero attached hydrogens (tertiary/aromatic N) is 5. The van der Waals surface area contributed by atoms with Crippen molar-refractivity contribution in [1.82, 2.24) is 4.98 Å². The predicted molar refractivity (Wildman–Crippen MR) is 60.1 cm³/mol. The molecule has 6 nitrogen and oxygen atoms in total. The van der Waals surface area contributed by atoms with Crippen molar-refractivity contribution < 1.29 is 4.74 Å². The molecule has 2 heterocycles. The molecular weight excluding hydrogens is 206 g/mol. The van der Waals surface area contributed by atoms with E-state index in [0.29, 0.717) is 6.54 Å². The van der Waals surface area contributed by atoms with Crippen molar-refractivity contribution in [2.45, 2.75) is 6.54 Å². The highest BCUT2D eigenvalue weighted by Gasteiger charge is 2.12. The highest BCUT2D eigenvalue weighted by Crippen LogP contribution is 2.13. The molecule has 6 heteroatoms. The summed E-state index contributed by atoms with van der Waals surface area (Å²) in [4.78, 5) is 9.33. The zero-order valence-corrected chi connectivity index (χ0v) is 8.91. The number of azide groups is 1. The first-order chi connectivity index (χ1) is 7.90. The maximum atomic E-state index is 8.25. The van der Waals surface area contributed by atoms with E-state index in [1.165, 1.54) is 0 Å². The molecule has 0 bridgehead atoms. The third kappa shape index (κ3) is 2.62. The largest absolute Gasteiger partial charge is 0.378 e. The summed E-state index contributed by atoms with van der Waals surface area (Å²) >= 11 is 0. The fraction of sp³-hybridized carbons (Fsp3) is 0.500. The summed E-state index contributed by atoms with van der Waals surface area (Å²) in [5.41, 5.74) is 9.04. The Kier molecular flexibility index (Phi) is 3.58. The molecule has 0 unspecified atom stereocenters. The molecule has 1 aliphatic rings. The van der Waals surface area contributed by atoms with Gasteiger partial charge in [0.15, 0.2) is 0 Å². The van der Waals surface area contributed by atoms with E-state index >= 15 is 0 Å². The van der Waals surface area contributed by atoms with Crippen LogP contribution in [0.1, 0.15) is 5.69 Å². The third-order valence-electron chi connectivity index (χ3n) is 2.42. The van der Waals surface area contributed by atoms with E-state index in [-0.39, 0.29) is 0 Å². The van der Waals surface area contributed by atoms with E-state index in [9.17, 15) is 0 Å². The van der Waals surface area contributed by atoms with Gasteiger partial charge in [0.05, 0.1) is 19.8 Å². The average molecular weight is 219 g/mol. The normalized spacial score (nSPS) is 15.6. The van der Waals surface area contributed by atoms with Crippen LogP contribution in [0.2, 0.25) is 0 Å². The Morgan fingerprint density at radius 2 is 2.25 bits per heavy atom. The van der Waals surface area contributed by atoms with Crippen LogP contribution in [0.15, 0.2) is 23.3 Å². The molecule has 0 saturated carbocycles. The zero-order chi connectivity index (χ0) is 11.2. The zero-order valence-electron chi connectivity index (χ0n) is 8.91. The van der Waals surface area contributed by atoms with Crippen LogP contribution in [-0.4, -0.2) is 31.3 Å². The second-order valence-electron chi connectivity index (χ2n) is 3.48. The van der Waals surface area contributed by atoms with Crippen LogP contribution in [0.3, 0.4) is 0 Å². The van der Waals surface area contributed by atoms with Crippen LogP contribution >= 0.6 is 0 Å². The van der Waals surface area contributed by atoms with Gasteiger partial charge in [-0.15, -0.1) is 0 Å². The lowest BCUT2D eigenvalue weighted by atomic mass is 10.3. The van der Waals surface area contributed by atoms with Crippen LogP contribution in [-0.2, 0) is 11.3 Å². The van der Waals surface area contributed by atoms with Gasteiger partial charge in [-0.1, -0.05) is 11.2 Å². The van der Waals surface area contributed by atoms with Gasteiger partial charge in [-0.05, 0) is 17.7 Å². The molecule has 0 aromatic carbocycles. The molecule has 16 heavy (non-hydrogen) atoms. The number of aromatic nitrogens is 1. The van der Waals surface area contributed by atoms with Crippen LogP contribution in [0, 0.1) is 0 Å². The first-order valence-corrected chi connectivity index (χ1v) is 5.19. The van der Waals surface area contributed by atoms with Gasteiger partial charge in [0.1, 0.15) is 5.82 Å². The SMILES string of the molecule is [N-]=[N+]=NCc1cccc(N2CCOCC2)n1. The minimum Gasteiger partial charge on any atom is -0.378 e. The number of ether oxygens (including phenoxy) is 1. The molecule has 1 aromatic rings. The molecule has 1 fully saturated rings. The summed E-state index contributed by atoms with van der Waals surface area (Å²) in [6, 6.07) is 5.75. The second kappa shape index (κ2) is 5.34. The van der Waals surface area contributed by atoms with Crippen LogP contribution in [0.5, 0.6) is 0 Å². The lowest BCUT2D eigenvalue weighted by Gasteiger charge is -2.27. The van der Waals surface area contributed by atoms with E-state index in [4.69, 9.17) is 10.3 Å². The highest BCUT2D eigenvalue weighted by molar-refractivity contribution is 5.39. The standard InChI is InChI=1S/C10H13N5O/c11-14-12-8-9-2-1-3-10(13-9)15-4-6-16-7-5-15/h1-3H,4-8H2. The number of anilines is 1. The average Bonchev–Trinajstić information content (AvgIpc) is 2.38. The Labute approximate surface area is 93.5 Å². The van der Waals surface area contributed by atoms with Gasteiger partial charge in [0.25, 0.3) is 0 Å². The third-order valence-corrected chi connectivity index (χ3v) is 2.42. The number of morpholine rings is 1. The van der Waals surface area contributed by atoms with Gasteiger partial charge in [-0.25, -0.2) is 4.98 Å². The van der Waals surface area contributed by atoms with E-state index < -0.39 is 0 Å². The maximum absolute atomic E-state index is 8.25. The molecule has 0 radical (unpaired) electrons. The molecule has 0 amide bonds. The summed E-state index contributed by atoms with van der Waals surface area (Å²) in [6.45, 7) is 3.50. The predicted octanol–water partition coefficient (Wildman–Crippen LogP) is 1.73. The first kappa shape index (κ1) is 10.7. The lowest BCUT2D eigenvalue weighted by Crippen LogP contribution is -2.36. The molecule has 1 saturated heterocycles. The van der Waals surface area contributed by atoms with Crippen molar-refractivity contribution in [3.8, 4) is 0 Å². The Balaban J connectivity index is 2.10. The minimum absolute atomic E-state index is 0.300. The molecule has 84 valence electrons. The summed E-state index contributed by atoms with van der Waals surface area (Å²) in [7, 11) is 0. The quantitative estimate of drug-likeness (QED) is 0.441. The molecule has 0 N–H and O–H groups in total. The lowest BCUT2D eigenvalue weighted by molar-refractivity contribution is 0.122. The van der Waals surface area contributed by atoms with Crippen molar-refractivity contribution in [2.75, 3.05) is 31.2 Å². The summed E-state index contributed by atoms with van der Waals surface area (Å²) in [5.74, 6) is 0.925. The molecule has 1 aromatic heterocycles. The molecule has 0 spiro atoms. The number of hydrogen-bond acceptors (Lipinski definition) is 4. The van der Waals surface area contributed by atoms with Gasteiger partial charge < -0.3 is 9.64 Å². The Bertz CT molecular complexity index is 396. The molecule has 1 aliphatic heterocycles. The van der Waals surface area contributed by atoms with Gasteiger partial charge in [0.2, 0.25) is 0 Å². The van der Waals surface area contributed by atoms with Crippen molar-refractivity contribution in [2.24, 2.45) is 5.11 Å². The van der Waals surface area contributed by atoms with E-state index in [2.05, 4.69) is 19.9 Å². The minimum atomic E-state index is 0.300. The van der Waals surface area contributed by atoms with Gasteiger partial charge in [-0.3, -0.25) is 0 Å². The topological polar surface area (TPSA) is 74.1 Å². The second-order valence-corrected chi connectivity index (χ2v) is 3.48. The van der Waals surface area contributed by atoms with Crippen molar-refractivity contribution in [1.29, 1.82) is 0 Å². The summed E-state index contributed by atoms with van der Waals surface area (Å²) in [6.07, 6.45) is 0. The van der Waals surface area contributed by atoms with Crippen LogP contribution in [0.25, 0.3) is 10.4 Å². The van der Waals surface area contributed by atoms with E-state index in [0.717, 1.165) is 37.8 Å². The number of hydrogen-bond donors (Lipinski definition) is 0. The van der Waals surface area contributed by atoms with Crippen LogP contribution in [0.4, 0.5) is 5.82 Å². The molecular formula is C10H13N5O. The Morgan fingerprint density at radius 3 is 3.00 bits per heavy atom. The Hall–Kier alpha value is -1.78. The molecule has 0 atom stereocenters. The van der Waals surface area contributed by atoms with Crippen molar-refractivity contribution >= 4 is 5.82 Å². The van der Waals surface area contributed by atoms with E-state index in [1.807, 2.05) is 18.2 Å². The van der Waals surface area contributed by atoms with Crippen molar-refractivity contribution in [3.05, 3.63) is 34.3 Å². The number of rotatable bonds is 3. The monoisotopic (exact) mass is 219 g/mol. The fourth-order valence-corrected chi connectivity index (χ4v) is 1.63. The summed E-state index contributed by atoms with van der Waals surface area (Å²) < 4.78 is 5.28.